The predicted molar refractivity (Wildman–Crippen MR) is 93.0 cm³/mol. The summed E-state index contributed by atoms with van der Waals surface area (Å²) in [5.41, 5.74) is 0.598. The standard InChI is InChI=1S/C17H17ClN2O5/c1-11(25-16-8-5-13(18)9-15(16)20(22)23)17(21)19-10-12-3-6-14(24-2)7-4-12/h3-9,11H,10H2,1-2H3,(H,19,21)/t11-/m1/s1. The van der Waals surface area contributed by atoms with Crippen molar-refractivity contribution in [3.8, 4) is 11.5 Å². The Labute approximate surface area is 149 Å². The molecule has 8 heteroatoms. The molecular weight excluding hydrogens is 348 g/mol. The van der Waals surface area contributed by atoms with Gasteiger partial charge in [0.1, 0.15) is 5.75 Å². The van der Waals surface area contributed by atoms with Crippen molar-refractivity contribution in [3.05, 3.63) is 63.2 Å². The largest absolute Gasteiger partial charge is 0.497 e. The van der Waals surface area contributed by atoms with E-state index in [-0.39, 0.29) is 22.4 Å². The van der Waals surface area contributed by atoms with Gasteiger partial charge in [-0.15, -0.1) is 0 Å². The molecule has 0 radical (unpaired) electrons. The van der Waals surface area contributed by atoms with Crippen LogP contribution in [0.3, 0.4) is 0 Å². The van der Waals surface area contributed by atoms with Crippen LogP contribution in [0.5, 0.6) is 11.5 Å². The van der Waals surface area contributed by atoms with E-state index in [0.29, 0.717) is 6.54 Å². The molecule has 0 heterocycles. The van der Waals surface area contributed by atoms with Gasteiger partial charge in [-0.05, 0) is 36.8 Å². The van der Waals surface area contributed by atoms with Crippen molar-refractivity contribution in [2.24, 2.45) is 0 Å². The maximum absolute atomic E-state index is 12.1. The number of rotatable bonds is 7. The van der Waals surface area contributed by atoms with E-state index in [0.717, 1.165) is 11.3 Å². The highest BCUT2D eigenvalue weighted by Gasteiger charge is 2.21. The quantitative estimate of drug-likeness (QED) is 0.601. The first kappa shape index (κ1) is 18.5. The summed E-state index contributed by atoms with van der Waals surface area (Å²) >= 11 is 5.75. The second-order valence-corrected chi connectivity index (χ2v) is 5.63. The molecule has 0 aliphatic carbocycles. The molecule has 0 fully saturated rings. The number of nitrogens with one attached hydrogen (secondary N) is 1. The van der Waals surface area contributed by atoms with Crippen LogP contribution in [-0.4, -0.2) is 24.0 Å². The lowest BCUT2D eigenvalue weighted by molar-refractivity contribution is -0.386. The summed E-state index contributed by atoms with van der Waals surface area (Å²) in [7, 11) is 1.58. The van der Waals surface area contributed by atoms with Gasteiger partial charge >= 0.3 is 5.69 Å². The Hall–Kier alpha value is -2.80. The van der Waals surface area contributed by atoms with E-state index in [1.165, 1.54) is 25.1 Å². The van der Waals surface area contributed by atoms with E-state index < -0.39 is 11.0 Å². The number of carbonyl (C=O) groups excluding carboxylic acids is 1. The summed E-state index contributed by atoms with van der Waals surface area (Å²) in [6, 6.07) is 11.2. The zero-order valence-corrected chi connectivity index (χ0v) is 14.4. The third-order valence-corrected chi connectivity index (χ3v) is 3.65. The monoisotopic (exact) mass is 364 g/mol. The van der Waals surface area contributed by atoms with Crippen LogP contribution in [-0.2, 0) is 11.3 Å². The maximum Gasteiger partial charge on any atom is 0.312 e. The molecule has 1 atom stereocenters. The fourth-order valence-electron chi connectivity index (χ4n) is 2.05. The summed E-state index contributed by atoms with van der Waals surface area (Å²) < 4.78 is 10.5. The third-order valence-electron chi connectivity index (χ3n) is 3.42. The van der Waals surface area contributed by atoms with E-state index in [1.54, 1.807) is 19.2 Å². The number of methoxy groups -OCH3 is 1. The molecule has 0 aliphatic rings. The molecule has 0 aliphatic heterocycles. The van der Waals surface area contributed by atoms with E-state index in [1.807, 2.05) is 12.1 Å². The molecular formula is C17H17ClN2O5. The second kappa shape index (κ2) is 8.34. The van der Waals surface area contributed by atoms with E-state index in [9.17, 15) is 14.9 Å². The minimum absolute atomic E-state index is 0.0125. The molecule has 2 aromatic carbocycles. The molecule has 1 N–H and O–H groups in total. The lowest BCUT2D eigenvalue weighted by Crippen LogP contribution is -2.36. The Balaban J connectivity index is 1.97. The van der Waals surface area contributed by atoms with Crippen molar-refractivity contribution in [1.29, 1.82) is 0 Å². The van der Waals surface area contributed by atoms with Crippen molar-refractivity contribution < 1.29 is 19.2 Å². The predicted octanol–water partition coefficient (Wildman–Crippen LogP) is 3.34. The number of amides is 1. The highest BCUT2D eigenvalue weighted by atomic mass is 35.5. The number of nitro groups is 1. The fraction of sp³-hybridized carbons (Fsp3) is 0.235. The van der Waals surface area contributed by atoms with Crippen LogP contribution in [0.2, 0.25) is 5.02 Å². The topological polar surface area (TPSA) is 90.7 Å². The molecule has 1 amide bonds. The van der Waals surface area contributed by atoms with Crippen LogP contribution < -0.4 is 14.8 Å². The number of ether oxygens (including phenoxy) is 2. The molecule has 0 saturated carbocycles. The van der Waals surface area contributed by atoms with Gasteiger partial charge in [0.05, 0.1) is 12.0 Å². The summed E-state index contributed by atoms with van der Waals surface area (Å²) in [6.07, 6.45) is -0.905. The van der Waals surface area contributed by atoms with Gasteiger partial charge in [0.2, 0.25) is 0 Å². The maximum atomic E-state index is 12.1. The van der Waals surface area contributed by atoms with E-state index >= 15 is 0 Å². The highest BCUT2D eigenvalue weighted by molar-refractivity contribution is 6.30. The van der Waals surface area contributed by atoms with Gasteiger partial charge in [0.15, 0.2) is 11.9 Å². The minimum Gasteiger partial charge on any atom is -0.497 e. The molecule has 0 bridgehead atoms. The first-order valence-electron chi connectivity index (χ1n) is 7.42. The van der Waals surface area contributed by atoms with Crippen LogP contribution >= 0.6 is 11.6 Å². The average Bonchev–Trinajstić information content (AvgIpc) is 2.61. The number of benzene rings is 2. The molecule has 2 rings (SSSR count). The molecule has 0 spiro atoms. The smallest absolute Gasteiger partial charge is 0.312 e. The Morgan fingerprint density at radius 2 is 1.96 bits per heavy atom. The van der Waals surface area contributed by atoms with Crippen LogP contribution in [0, 0.1) is 10.1 Å². The molecule has 0 saturated heterocycles. The normalized spacial score (nSPS) is 11.5. The molecule has 132 valence electrons. The summed E-state index contributed by atoms with van der Waals surface area (Å²) in [5, 5.41) is 14.0. The van der Waals surface area contributed by atoms with Gasteiger partial charge in [-0.2, -0.15) is 0 Å². The average molecular weight is 365 g/mol. The first-order chi connectivity index (χ1) is 11.9. The summed E-state index contributed by atoms with van der Waals surface area (Å²) in [4.78, 5) is 22.6. The lowest BCUT2D eigenvalue weighted by Gasteiger charge is -2.15. The third kappa shape index (κ3) is 5.09. The number of halogens is 1. The van der Waals surface area contributed by atoms with Gasteiger partial charge in [0, 0.05) is 17.6 Å². The second-order valence-electron chi connectivity index (χ2n) is 5.20. The van der Waals surface area contributed by atoms with Crippen LogP contribution in [0.1, 0.15) is 12.5 Å². The number of hydrogen-bond donors (Lipinski definition) is 1. The van der Waals surface area contributed by atoms with Crippen molar-refractivity contribution in [1.82, 2.24) is 5.32 Å². The van der Waals surface area contributed by atoms with Crippen molar-refractivity contribution in [2.75, 3.05) is 7.11 Å². The summed E-state index contributed by atoms with van der Waals surface area (Å²) in [6.45, 7) is 1.82. The number of nitro benzene ring substituents is 1. The Morgan fingerprint density at radius 1 is 1.28 bits per heavy atom. The van der Waals surface area contributed by atoms with E-state index in [2.05, 4.69) is 5.32 Å². The van der Waals surface area contributed by atoms with E-state index in [4.69, 9.17) is 21.1 Å². The number of carbonyl (C=O) groups is 1. The molecule has 7 nitrogen and oxygen atoms in total. The van der Waals surface area contributed by atoms with Gasteiger partial charge < -0.3 is 14.8 Å². The van der Waals surface area contributed by atoms with Gasteiger partial charge in [0.25, 0.3) is 5.91 Å². The first-order valence-corrected chi connectivity index (χ1v) is 7.79. The zero-order chi connectivity index (χ0) is 18.4. The zero-order valence-electron chi connectivity index (χ0n) is 13.7. The van der Waals surface area contributed by atoms with Gasteiger partial charge in [-0.1, -0.05) is 23.7 Å². The Bertz CT molecular complexity index is 764. The summed E-state index contributed by atoms with van der Waals surface area (Å²) in [5.74, 6) is 0.323. The van der Waals surface area contributed by atoms with Gasteiger partial charge in [-0.25, -0.2) is 0 Å². The lowest BCUT2D eigenvalue weighted by atomic mass is 10.2. The minimum atomic E-state index is -0.905. The molecule has 0 aromatic heterocycles. The van der Waals surface area contributed by atoms with Crippen LogP contribution in [0.4, 0.5) is 5.69 Å². The number of nitrogens with zero attached hydrogens (tertiary/aromatic N) is 1. The van der Waals surface area contributed by atoms with Crippen molar-refractivity contribution >= 4 is 23.2 Å². The molecule has 2 aromatic rings. The Kier molecular flexibility index (Phi) is 6.19. The molecule has 0 unspecified atom stereocenters. The van der Waals surface area contributed by atoms with Gasteiger partial charge in [-0.3, -0.25) is 14.9 Å². The van der Waals surface area contributed by atoms with Crippen LogP contribution in [0.25, 0.3) is 0 Å². The SMILES string of the molecule is COc1ccc(CNC(=O)[C@@H](C)Oc2ccc(Cl)cc2[N+](=O)[O-])cc1. The number of hydrogen-bond acceptors (Lipinski definition) is 5. The molecule has 25 heavy (non-hydrogen) atoms. The van der Waals surface area contributed by atoms with Crippen molar-refractivity contribution in [2.45, 2.75) is 19.6 Å². The highest BCUT2D eigenvalue weighted by Crippen LogP contribution is 2.30. The Morgan fingerprint density at radius 3 is 2.56 bits per heavy atom. The van der Waals surface area contributed by atoms with Crippen LogP contribution in [0.15, 0.2) is 42.5 Å². The fourth-order valence-corrected chi connectivity index (χ4v) is 2.22. The van der Waals surface area contributed by atoms with Crippen molar-refractivity contribution in [3.63, 3.8) is 0 Å².